The van der Waals surface area contributed by atoms with Crippen molar-refractivity contribution in [3.8, 4) is 0 Å². The molecule has 0 atom stereocenters. The zero-order chi connectivity index (χ0) is 13.4. The van der Waals surface area contributed by atoms with Gasteiger partial charge in [-0.05, 0) is 22.4 Å². The lowest BCUT2D eigenvalue weighted by Crippen LogP contribution is -2.31. The van der Waals surface area contributed by atoms with E-state index in [4.69, 9.17) is 10.2 Å². The average molecular weight is 319 g/mol. The number of aliphatic hydroxyl groups excluding tert-OH is 2. The van der Waals surface area contributed by atoms with Crippen LogP contribution in [0.5, 0.6) is 0 Å². The molecule has 7 heteroatoms. The first-order valence-electron chi connectivity index (χ1n) is 5.95. The van der Waals surface area contributed by atoms with E-state index in [1.807, 2.05) is 4.90 Å². The molecule has 1 heterocycles. The number of rotatable bonds is 8. The van der Waals surface area contributed by atoms with E-state index < -0.39 is 0 Å². The summed E-state index contributed by atoms with van der Waals surface area (Å²) in [6.45, 7) is 3.76. The number of aliphatic hydroxyl groups is 2. The Hall–Kier alpha value is -0.920. The first-order valence-corrected chi connectivity index (χ1v) is 6.74. The van der Waals surface area contributed by atoms with Crippen LogP contribution in [0.3, 0.4) is 0 Å². The first-order chi connectivity index (χ1) is 8.74. The van der Waals surface area contributed by atoms with Gasteiger partial charge in [-0.3, -0.25) is 0 Å². The van der Waals surface area contributed by atoms with Crippen molar-refractivity contribution >= 4 is 27.6 Å². The Morgan fingerprint density at radius 1 is 1.28 bits per heavy atom. The fourth-order valence-corrected chi connectivity index (χ4v) is 2.11. The van der Waals surface area contributed by atoms with Crippen LogP contribution in [0.4, 0.5) is 11.6 Å². The zero-order valence-electron chi connectivity index (χ0n) is 10.4. The third-order valence-corrected chi connectivity index (χ3v) is 3.08. The Kier molecular flexibility index (Phi) is 6.92. The minimum atomic E-state index is 0.00810. The summed E-state index contributed by atoms with van der Waals surface area (Å²) in [6, 6.07) is 0. The number of anilines is 2. The molecule has 0 aliphatic heterocycles. The highest BCUT2D eigenvalue weighted by molar-refractivity contribution is 9.10. The van der Waals surface area contributed by atoms with Gasteiger partial charge in [-0.15, -0.1) is 0 Å². The molecule has 0 unspecified atom stereocenters. The fraction of sp³-hybridized carbons (Fsp3) is 0.636. The summed E-state index contributed by atoms with van der Waals surface area (Å²) in [5.74, 6) is 1.40. The Labute approximate surface area is 115 Å². The van der Waals surface area contributed by atoms with Gasteiger partial charge in [0.25, 0.3) is 0 Å². The van der Waals surface area contributed by atoms with E-state index in [1.165, 1.54) is 6.33 Å². The summed E-state index contributed by atoms with van der Waals surface area (Å²) < 4.78 is 0.750. The summed E-state index contributed by atoms with van der Waals surface area (Å²) >= 11 is 3.46. The van der Waals surface area contributed by atoms with E-state index in [1.54, 1.807) is 0 Å². The van der Waals surface area contributed by atoms with Gasteiger partial charge < -0.3 is 20.4 Å². The molecule has 1 rings (SSSR count). The predicted molar refractivity (Wildman–Crippen MR) is 74.9 cm³/mol. The molecule has 0 bridgehead atoms. The van der Waals surface area contributed by atoms with Gasteiger partial charge in [0.15, 0.2) is 0 Å². The standard InChI is InChI=1S/C11H19BrN4O2/c1-2-3-13-10-9(12)11(15-8-14-10)16(4-6-17)5-7-18/h8,17-18H,2-7H2,1H3,(H,13,14,15). The normalized spacial score (nSPS) is 10.4. The first kappa shape index (κ1) is 15.1. The number of hydrogen-bond donors (Lipinski definition) is 3. The van der Waals surface area contributed by atoms with Crippen LogP contribution in [0.25, 0.3) is 0 Å². The summed E-state index contributed by atoms with van der Waals surface area (Å²) in [4.78, 5) is 10.2. The molecule has 1 aromatic rings. The van der Waals surface area contributed by atoms with Crippen LogP contribution in [0.2, 0.25) is 0 Å². The molecule has 0 saturated heterocycles. The predicted octanol–water partition coefficient (Wildman–Crippen LogP) is 0.852. The van der Waals surface area contributed by atoms with Gasteiger partial charge in [0.05, 0.1) is 13.2 Å². The van der Waals surface area contributed by atoms with E-state index in [0.717, 1.165) is 23.3 Å². The number of nitrogens with one attached hydrogen (secondary N) is 1. The lowest BCUT2D eigenvalue weighted by Gasteiger charge is -2.23. The van der Waals surface area contributed by atoms with E-state index in [0.29, 0.717) is 18.9 Å². The van der Waals surface area contributed by atoms with Crippen molar-refractivity contribution in [2.45, 2.75) is 13.3 Å². The molecule has 0 spiro atoms. The smallest absolute Gasteiger partial charge is 0.148 e. The van der Waals surface area contributed by atoms with Gasteiger partial charge in [0, 0.05) is 19.6 Å². The summed E-state index contributed by atoms with van der Waals surface area (Å²) in [6.07, 6.45) is 2.47. The van der Waals surface area contributed by atoms with E-state index >= 15 is 0 Å². The maximum atomic E-state index is 9.03. The maximum Gasteiger partial charge on any atom is 0.148 e. The molecule has 102 valence electrons. The van der Waals surface area contributed by atoms with Crippen molar-refractivity contribution in [3.63, 3.8) is 0 Å². The molecule has 0 fully saturated rings. The van der Waals surface area contributed by atoms with Crippen LogP contribution in [0.1, 0.15) is 13.3 Å². The maximum absolute atomic E-state index is 9.03. The molecule has 1 aromatic heterocycles. The minimum absolute atomic E-state index is 0.00810. The minimum Gasteiger partial charge on any atom is -0.395 e. The highest BCUT2D eigenvalue weighted by Crippen LogP contribution is 2.29. The Morgan fingerprint density at radius 2 is 1.94 bits per heavy atom. The van der Waals surface area contributed by atoms with Gasteiger partial charge in [-0.1, -0.05) is 6.92 Å². The molecule has 0 radical (unpaired) electrons. The van der Waals surface area contributed by atoms with Crippen LogP contribution in [0, 0.1) is 0 Å². The van der Waals surface area contributed by atoms with Crippen molar-refractivity contribution in [2.75, 3.05) is 43.1 Å². The van der Waals surface area contributed by atoms with Crippen molar-refractivity contribution in [3.05, 3.63) is 10.8 Å². The Morgan fingerprint density at radius 3 is 2.50 bits per heavy atom. The van der Waals surface area contributed by atoms with E-state index in [2.05, 4.69) is 38.1 Å². The third kappa shape index (κ3) is 4.08. The molecule has 18 heavy (non-hydrogen) atoms. The van der Waals surface area contributed by atoms with Crippen LogP contribution >= 0.6 is 15.9 Å². The second-order valence-electron chi connectivity index (χ2n) is 3.72. The second-order valence-corrected chi connectivity index (χ2v) is 4.51. The van der Waals surface area contributed by atoms with Gasteiger partial charge in [-0.2, -0.15) is 0 Å². The molecule has 0 saturated carbocycles. The monoisotopic (exact) mass is 318 g/mol. The SMILES string of the molecule is CCCNc1ncnc(N(CCO)CCO)c1Br. The van der Waals surface area contributed by atoms with Crippen molar-refractivity contribution in [1.29, 1.82) is 0 Å². The summed E-state index contributed by atoms with van der Waals surface area (Å²) in [7, 11) is 0. The lowest BCUT2D eigenvalue weighted by atomic mass is 10.4. The molecule has 3 N–H and O–H groups in total. The Bertz CT molecular complexity index is 359. The van der Waals surface area contributed by atoms with E-state index in [9.17, 15) is 0 Å². The molecule has 0 amide bonds. The van der Waals surface area contributed by atoms with Crippen molar-refractivity contribution in [1.82, 2.24) is 9.97 Å². The number of nitrogens with zero attached hydrogens (tertiary/aromatic N) is 3. The largest absolute Gasteiger partial charge is 0.395 e. The van der Waals surface area contributed by atoms with Crippen LogP contribution in [-0.2, 0) is 0 Å². The number of hydrogen-bond acceptors (Lipinski definition) is 6. The molecule has 6 nitrogen and oxygen atoms in total. The summed E-state index contributed by atoms with van der Waals surface area (Å²) in [5, 5.41) is 21.2. The second kappa shape index (κ2) is 8.23. The molecule has 0 aliphatic rings. The lowest BCUT2D eigenvalue weighted by molar-refractivity contribution is 0.280. The van der Waals surface area contributed by atoms with Gasteiger partial charge >= 0.3 is 0 Å². The van der Waals surface area contributed by atoms with Crippen LogP contribution in [-0.4, -0.2) is 53.0 Å². The quantitative estimate of drug-likeness (QED) is 0.659. The molecular formula is C11H19BrN4O2. The van der Waals surface area contributed by atoms with Crippen LogP contribution < -0.4 is 10.2 Å². The molecule has 0 aromatic carbocycles. The summed E-state index contributed by atoms with van der Waals surface area (Å²) in [5.41, 5.74) is 0. The number of aromatic nitrogens is 2. The zero-order valence-corrected chi connectivity index (χ0v) is 12.0. The third-order valence-electron chi connectivity index (χ3n) is 2.35. The average Bonchev–Trinajstić information content (AvgIpc) is 2.37. The highest BCUT2D eigenvalue weighted by Gasteiger charge is 2.14. The highest BCUT2D eigenvalue weighted by atomic mass is 79.9. The van der Waals surface area contributed by atoms with Crippen molar-refractivity contribution in [2.24, 2.45) is 0 Å². The van der Waals surface area contributed by atoms with Gasteiger partial charge in [0.1, 0.15) is 22.4 Å². The fourth-order valence-electron chi connectivity index (χ4n) is 1.51. The van der Waals surface area contributed by atoms with Crippen LogP contribution in [0.15, 0.2) is 10.8 Å². The topological polar surface area (TPSA) is 81.5 Å². The van der Waals surface area contributed by atoms with Gasteiger partial charge in [-0.25, -0.2) is 9.97 Å². The molecular weight excluding hydrogens is 300 g/mol. The molecule has 0 aliphatic carbocycles. The Balaban J connectivity index is 2.91. The van der Waals surface area contributed by atoms with Crippen molar-refractivity contribution < 1.29 is 10.2 Å². The van der Waals surface area contributed by atoms with Gasteiger partial charge in [0.2, 0.25) is 0 Å². The van der Waals surface area contributed by atoms with E-state index in [-0.39, 0.29) is 13.2 Å². The number of halogens is 1.